The molecule has 0 bridgehead atoms. The van der Waals surface area contributed by atoms with Crippen LogP contribution >= 0.6 is 0 Å². The van der Waals surface area contributed by atoms with Crippen molar-refractivity contribution < 1.29 is 13.5 Å². The Labute approximate surface area is 171 Å². The van der Waals surface area contributed by atoms with Gasteiger partial charge in [-0.2, -0.15) is 0 Å². The number of rotatable bonds is 4. The van der Waals surface area contributed by atoms with E-state index in [-0.39, 0.29) is 15.9 Å². The highest BCUT2D eigenvalue weighted by Crippen LogP contribution is 2.37. The molecule has 0 spiro atoms. The minimum atomic E-state index is -3.73. The van der Waals surface area contributed by atoms with Crippen molar-refractivity contribution in [1.82, 2.24) is 4.98 Å². The van der Waals surface area contributed by atoms with Crippen molar-refractivity contribution in [3.05, 3.63) is 59.8 Å². The fourth-order valence-electron chi connectivity index (χ4n) is 3.92. The van der Waals surface area contributed by atoms with Crippen molar-refractivity contribution in [2.24, 2.45) is 0 Å². The van der Waals surface area contributed by atoms with Gasteiger partial charge in [0.25, 0.3) is 0 Å². The molecule has 4 rings (SSSR count). The second-order valence-electron chi connectivity index (χ2n) is 7.71. The first-order valence-electron chi connectivity index (χ1n) is 10.1. The van der Waals surface area contributed by atoms with Gasteiger partial charge in [0, 0.05) is 24.7 Å². The fourth-order valence-corrected chi connectivity index (χ4v) is 5.35. The Kier molecular flexibility index (Phi) is 5.32. The van der Waals surface area contributed by atoms with Gasteiger partial charge >= 0.3 is 0 Å². The molecule has 0 amide bonds. The van der Waals surface area contributed by atoms with Gasteiger partial charge in [0.05, 0.1) is 22.2 Å². The van der Waals surface area contributed by atoms with Crippen molar-refractivity contribution in [3.8, 4) is 0 Å². The number of aliphatic hydroxyl groups is 1. The van der Waals surface area contributed by atoms with Crippen molar-refractivity contribution in [2.45, 2.75) is 49.0 Å². The van der Waals surface area contributed by atoms with Crippen LogP contribution in [0.2, 0.25) is 0 Å². The Bertz CT molecular complexity index is 1130. The lowest BCUT2D eigenvalue weighted by Crippen LogP contribution is -2.36. The van der Waals surface area contributed by atoms with Crippen molar-refractivity contribution in [1.29, 1.82) is 0 Å². The largest absolute Gasteiger partial charge is 0.393 e. The number of aryl methyl sites for hydroxylation is 2. The van der Waals surface area contributed by atoms with E-state index < -0.39 is 9.84 Å². The number of aromatic nitrogens is 1. The molecule has 1 saturated heterocycles. The molecule has 29 heavy (non-hydrogen) atoms. The van der Waals surface area contributed by atoms with Crippen molar-refractivity contribution in [2.75, 3.05) is 18.0 Å². The smallest absolute Gasteiger partial charge is 0.210 e. The third kappa shape index (κ3) is 3.74. The zero-order chi connectivity index (χ0) is 20.6. The van der Waals surface area contributed by atoms with E-state index in [1.165, 1.54) is 6.20 Å². The van der Waals surface area contributed by atoms with Gasteiger partial charge in [-0.15, -0.1) is 0 Å². The Balaban J connectivity index is 1.92. The predicted molar refractivity (Wildman–Crippen MR) is 115 cm³/mol. The zero-order valence-electron chi connectivity index (χ0n) is 16.8. The van der Waals surface area contributed by atoms with Crippen LogP contribution in [0.1, 0.15) is 30.9 Å². The molecule has 0 aliphatic carbocycles. The van der Waals surface area contributed by atoms with Gasteiger partial charge in [-0.25, -0.2) is 8.42 Å². The summed E-state index contributed by atoms with van der Waals surface area (Å²) in [5.41, 5.74) is 3.63. The summed E-state index contributed by atoms with van der Waals surface area (Å²) in [6, 6.07) is 13.0. The minimum Gasteiger partial charge on any atom is -0.393 e. The lowest BCUT2D eigenvalue weighted by molar-refractivity contribution is 0.145. The van der Waals surface area contributed by atoms with E-state index in [0.717, 1.165) is 28.5 Å². The molecule has 0 atom stereocenters. The molecule has 3 aromatic rings. The Morgan fingerprint density at radius 2 is 1.79 bits per heavy atom. The maximum atomic E-state index is 13.6. The van der Waals surface area contributed by atoms with Crippen LogP contribution in [0.25, 0.3) is 10.9 Å². The highest BCUT2D eigenvalue weighted by Gasteiger charge is 2.29. The molecule has 5 nitrogen and oxygen atoms in total. The number of benzene rings is 2. The Morgan fingerprint density at radius 3 is 2.45 bits per heavy atom. The molecule has 0 radical (unpaired) electrons. The van der Waals surface area contributed by atoms with E-state index in [1.807, 2.05) is 44.2 Å². The molecule has 1 aliphatic heterocycles. The molecule has 0 saturated carbocycles. The van der Waals surface area contributed by atoms with Gasteiger partial charge in [0.2, 0.25) is 9.84 Å². The summed E-state index contributed by atoms with van der Waals surface area (Å²) in [4.78, 5) is 7.06. The average Bonchev–Trinajstić information content (AvgIpc) is 2.73. The van der Waals surface area contributed by atoms with Crippen LogP contribution in [0.5, 0.6) is 0 Å². The number of hydrogen-bond acceptors (Lipinski definition) is 5. The summed E-state index contributed by atoms with van der Waals surface area (Å²) in [5.74, 6) is 0. The first-order valence-corrected chi connectivity index (χ1v) is 11.5. The summed E-state index contributed by atoms with van der Waals surface area (Å²) in [7, 11) is -3.73. The lowest BCUT2D eigenvalue weighted by atomic mass is 10.0. The topological polar surface area (TPSA) is 70.5 Å². The molecule has 2 heterocycles. The van der Waals surface area contributed by atoms with E-state index in [4.69, 9.17) is 0 Å². The van der Waals surface area contributed by atoms with Gasteiger partial charge in [0.1, 0.15) is 4.90 Å². The van der Waals surface area contributed by atoms with E-state index in [1.54, 1.807) is 12.1 Å². The molecular weight excluding hydrogens is 384 g/mol. The average molecular weight is 411 g/mol. The number of aliphatic hydroxyl groups excluding tert-OH is 1. The van der Waals surface area contributed by atoms with Crippen LogP contribution in [-0.4, -0.2) is 37.7 Å². The van der Waals surface area contributed by atoms with Crippen LogP contribution in [0, 0.1) is 6.92 Å². The number of fused-ring (bicyclic) bond motifs is 1. The second kappa shape index (κ2) is 7.76. The number of piperidine rings is 1. The molecule has 1 aromatic heterocycles. The number of nitrogens with zero attached hydrogens (tertiary/aromatic N) is 2. The summed E-state index contributed by atoms with van der Waals surface area (Å²) in [6.07, 6.45) is 3.27. The van der Waals surface area contributed by atoms with Crippen molar-refractivity contribution in [3.63, 3.8) is 0 Å². The summed E-state index contributed by atoms with van der Waals surface area (Å²) >= 11 is 0. The minimum absolute atomic E-state index is 0.233. The maximum Gasteiger partial charge on any atom is 0.210 e. The molecule has 152 valence electrons. The van der Waals surface area contributed by atoms with Crippen LogP contribution in [0.15, 0.2) is 58.5 Å². The standard InChI is InChI=1S/C23H26N2O3S/c1-3-17-5-7-19(8-6-17)29(27,28)22-15-24-21-9-4-16(2)14-20(21)23(22)25-12-10-18(26)11-13-25/h4-9,14-15,18,26H,3,10-13H2,1-2H3. The third-order valence-electron chi connectivity index (χ3n) is 5.67. The van der Waals surface area contributed by atoms with Gasteiger partial charge in [-0.05, 0) is 56.0 Å². The molecule has 1 fully saturated rings. The molecule has 1 N–H and O–H groups in total. The number of hydrogen-bond donors (Lipinski definition) is 1. The van der Waals surface area contributed by atoms with Gasteiger partial charge in [0.15, 0.2) is 0 Å². The Morgan fingerprint density at radius 1 is 1.10 bits per heavy atom. The first kappa shape index (κ1) is 19.9. The maximum absolute atomic E-state index is 13.6. The summed E-state index contributed by atoms with van der Waals surface area (Å²) in [6.45, 7) is 5.27. The highest BCUT2D eigenvalue weighted by atomic mass is 32.2. The molecule has 6 heteroatoms. The molecular formula is C23H26N2O3S. The van der Waals surface area contributed by atoms with Gasteiger partial charge in [-0.1, -0.05) is 30.7 Å². The lowest BCUT2D eigenvalue weighted by Gasteiger charge is -2.33. The first-order chi connectivity index (χ1) is 13.9. The third-order valence-corrected chi connectivity index (χ3v) is 7.44. The predicted octanol–water partition coefficient (Wildman–Crippen LogP) is 3.90. The second-order valence-corrected chi connectivity index (χ2v) is 9.63. The highest BCUT2D eigenvalue weighted by molar-refractivity contribution is 7.91. The summed E-state index contributed by atoms with van der Waals surface area (Å²) < 4.78 is 27.1. The van der Waals surface area contributed by atoms with Crippen LogP contribution in [0.4, 0.5) is 5.69 Å². The summed E-state index contributed by atoms with van der Waals surface area (Å²) in [5, 5.41) is 10.8. The van der Waals surface area contributed by atoms with E-state index in [0.29, 0.717) is 31.6 Å². The quantitative estimate of drug-likeness (QED) is 0.706. The monoisotopic (exact) mass is 410 g/mol. The SMILES string of the molecule is CCc1ccc(S(=O)(=O)c2cnc3ccc(C)cc3c2N2CCC(O)CC2)cc1. The molecule has 2 aromatic carbocycles. The van der Waals surface area contributed by atoms with Gasteiger partial charge in [-0.3, -0.25) is 4.98 Å². The Hall–Kier alpha value is -2.44. The van der Waals surface area contributed by atoms with E-state index in [2.05, 4.69) is 9.88 Å². The van der Waals surface area contributed by atoms with Gasteiger partial charge < -0.3 is 10.0 Å². The van der Waals surface area contributed by atoms with Crippen LogP contribution in [-0.2, 0) is 16.3 Å². The normalized spacial score (nSPS) is 15.8. The van der Waals surface area contributed by atoms with E-state index >= 15 is 0 Å². The van der Waals surface area contributed by atoms with Crippen LogP contribution in [0.3, 0.4) is 0 Å². The molecule has 1 aliphatic rings. The number of anilines is 1. The van der Waals surface area contributed by atoms with Crippen molar-refractivity contribution >= 4 is 26.4 Å². The zero-order valence-corrected chi connectivity index (χ0v) is 17.6. The van der Waals surface area contributed by atoms with E-state index in [9.17, 15) is 13.5 Å². The molecule has 0 unspecified atom stereocenters. The number of pyridine rings is 1. The fraction of sp³-hybridized carbons (Fsp3) is 0.348. The van der Waals surface area contributed by atoms with Crippen LogP contribution < -0.4 is 4.90 Å². The number of sulfone groups is 1.